The molecular weight excluding hydrogens is 294 g/mol. The van der Waals surface area contributed by atoms with E-state index in [-0.39, 0.29) is 24.2 Å². The Hall–Kier alpha value is -2.69. The van der Waals surface area contributed by atoms with E-state index in [9.17, 15) is 14.9 Å². The van der Waals surface area contributed by atoms with E-state index in [1.165, 1.54) is 6.07 Å². The Balaban J connectivity index is 2.19. The van der Waals surface area contributed by atoms with Crippen molar-refractivity contribution in [1.82, 2.24) is 0 Å². The predicted octanol–water partition coefficient (Wildman–Crippen LogP) is 3.58. The Morgan fingerprint density at radius 1 is 1.17 bits per heavy atom. The summed E-state index contributed by atoms with van der Waals surface area (Å²) >= 11 is 0. The molecule has 2 atom stereocenters. The molecule has 0 aromatic heterocycles. The minimum absolute atomic E-state index is 0.0320. The minimum atomic E-state index is -0.882. The van der Waals surface area contributed by atoms with Crippen LogP contribution in [-0.2, 0) is 14.9 Å². The molecule has 0 saturated carbocycles. The van der Waals surface area contributed by atoms with E-state index in [1.807, 2.05) is 37.3 Å². The van der Waals surface area contributed by atoms with Gasteiger partial charge in [-0.05, 0) is 12.0 Å². The van der Waals surface area contributed by atoms with Crippen molar-refractivity contribution in [3.63, 3.8) is 0 Å². The number of para-hydroxylation sites is 1. The summed E-state index contributed by atoms with van der Waals surface area (Å²) in [4.78, 5) is 23.6. The number of esters is 1. The van der Waals surface area contributed by atoms with Gasteiger partial charge >= 0.3 is 5.97 Å². The van der Waals surface area contributed by atoms with Crippen LogP contribution < -0.4 is 0 Å². The van der Waals surface area contributed by atoms with Gasteiger partial charge in [0.05, 0.1) is 11.5 Å². The van der Waals surface area contributed by atoms with Crippen molar-refractivity contribution >= 4 is 11.7 Å². The molecule has 1 heterocycles. The zero-order chi connectivity index (χ0) is 16.4. The highest BCUT2D eigenvalue weighted by Crippen LogP contribution is 2.49. The first-order valence-electron chi connectivity index (χ1n) is 7.57. The number of ether oxygens (including phenoxy) is 1. The summed E-state index contributed by atoms with van der Waals surface area (Å²) in [6, 6.07) is 16.0. The lowest BCUT2D eigenvalue weighted by Gasteiger charge is -2.30. The molecular formula is C18H17NO4. The average molecular weight is 311 g/mol. The van der Waals surface area contributed by atoms with Gasteiger partial charge < -0.3 is 4.74 Å². The second-order valence-electron chi connectivity index (χ2n) is 5.66. The van der Waals surface area contributed by atoms with Crippen molar-refractivity contribution in [3.05, 3.63) is 75.8 Å². The highest BCUT2D eigenvalue weighted by atomic mass is 16.6. The van der Waals surface area contributed by atoms with Gasteiger partial charge in [-0.3, -0.25) is 14.9 Å². The fourth-order valence-electron chi connectivity index (χ4n) is 3.53. The molecule has 5 nitrogen and oxygen atoms in total. The minimum Gasteiger partial charge on any atom is -0.464 e. The topological polar surface area (TPSA) is 69.4 Å². The van der Waals surface area contributed by atoms with E-state index in [0.29, 0.717) is 12.0 Å². The molecule has 1 aliphatic rings. The number of cyclic esters (lactones) is 1. The maximum atomic E-state index is 12.6. The fraction of sp³-hybridized carbons (Fsp3) is 0.278. The molecule has 0 aliphatic carbocycles. The van der Waals surface area contributed by atoms with Crippen molar-refractivity contribution in [2.24, 2.45) is 0 Å². The third kappa shape index (κ3) is 2.29. The van der Waals surface area contributed by atoms with Crippen LogP contribution in [0.25, 0.3) is 0 Å². The number of hydrogen-bond acceptors (Lipinski definition) is 4. The molecule has 1 saturated heterocycles. The Bertz CT molecular complexity index is 744. The number of benzene rings is 2. The number of rotatable bonds is 4. The van der Waals surface area contributed by atoms with Gasteiger partial charge in [0.25, 0.3) is 5.69 Å². The Labute approximate surface area is 134 Å². The zero-order valence-electron chi connectivity index (χ0n) is 12.8. The summed E-state index contributed by atoms with van der Waals surface area (Å²) in [7, 11) is 0. The second kappa shape index (κ2) is 5.83. The Kier molecular flexibility index (Phi) is 3.86. The van der Waals surface area contributed by atoms with Crippen LogP contribution in [0.4, 0.5) is 5.69 Å². The Morgan fingerprint density at radius 2 is 1.83 bits per heavy atom. The number of nitro groups is 1. The zero-order valence-corrected chi connectivity index (χ0v) is 12.8. The molecule has 23 heavy (non-hydrogen) atoms. The molecule has 0 spiro atoms. The summed E-state index contributed by atoms with van der Waals surface area (Å²) in [6.07, 6.45) is 0.520. The van der Waals surface area contributed by atoms with E-state index in [4.69, 9.17) is 4.74 Å². The van der Waals surface area contributed by atoms with E-state index in [1.54, 1.807) is 18.2 Å². The highest BCUT2D eigenvalue weighted by molar-refractivity contribution is 5.87. The normalized spacial score (nSPS) is 23.5. The number of carbonyl (C=O) groups is 1. The lowest BCUT2D eigenvalue weighted by molar-refractivity contribution is -0.385. The van der Waals surface area contributed by atoms with Crippen LogP contribution in [0, 0.1) is 10.1 Å². The smallest absolute Gasteiger partial charge is 0.317 e. The van der Waals surface area contributed by atoms with E-state index >= 15 is 0 Å². The van der Waals surface area contributed by atoms with E-state index in [2.05, 4.69) is 0 Å². The van der Waals surface area contributed by atoms with Gasteiger partial charge in [0.15, 0.2) is 0 Å². The van der Waals surface area contributed by atoms with Crippen molar-refractivity contribution in [2.75, 3.05) is 6.61 Å². The monoisotopic (exact) mass is 311 g/mol. The summed E-state index contributed by atoms with van der Waals surface area (Å²) in [5, 5.41) is 11.4. The van der Waals surface area contributed by atoms with Crippen molar-refractivity contribution in [2.45, 2.75) is 24.7 Å². The van der Waals surface area contributed by atoms with Gasteiger partial charge in [0.2, 0.25) is 0 Å². The molecule has 0 N–H and O–H groups in total. The van der Waals surface area contributed by atoms with Gasteiger partial charge in [-0.2, -0.15) is 0 Å². The molecule has 3 rings (SSSR count). The van der Waals surface area contributed by atoms with Crippen LogP contribution in [0.15, 0.2) is 54.6 Å². The first kappa shape index (κ1) is 15.2. The van der Waals surface area contributed by atoms with Gasteiger partial charge in [0.1, 0.15) is 5.41 Å². The quantitative estimate of drug-likeness (QED) is 0.491. The number of carbonyl (C=O) groups excluding carboxylic acids is 1. The summed E-state index contributed by atoms with van der Waals surface area (Å²) < 4.78 is 5.35. The summed E-state index contributed by atoms with van der Waals surface area (Å²) in [5.41, 5.74) is 0.541. The van der Waals surface area contributed by atoms with E-state index in [0.717, 1.165) is 5.56 Å². The highest BCUT2D eigenvalue weighted by Gasteiger charge is 2.54. The standard InChI is InChI=1S/C18H17NO4/c1-2-18(13-8-4-3-5-9-13)15(12-23-17(18)20)14-10-6-7-11-16(14)19(21)22/h3-11,15H,2,12H2,1H3. The van der Waals surface area contributed by atoms with E-state index < -0.39 is 10.3 Å². The fourth-order valence-corrected chi connectivity index (χ4v) is 3.53. The maximum absolute atomic E-state index is 12.6. The SMILES string of the molecule is CCC1(c2ccccc2)C(=O)OCC1c1ccccc1[N+](=O)[O-]. The van der Waals surface area contributed by atoms with Crippen molar-refractivity contribution in [1.29, 1.82) is 0 Å². The number of hydrogen-bond donors (Lipinski definition) is 0. The number of nitro benzene ring substituents is 1. The first-order valence-corrected chi connectivity index (χ1v) is 7.57. The maximum Gasteiger partial charge on any atom is 0.317 e. The molecule has 5 heteroatoms. The van der Waals surface area contributed by atoms with Gasteiger partial charge in [-0.15, -0.1) is 0 Å². The third-order valence-electron chi connectivity index (χ3n) is 4.70. The van der Waals surface area contributed by atoms with Gasteiger partial charge in [-0.1, -0.05) is 55.5 Å². The van der Waals surface area contributed by atoms with Crippen molar-refractivity contribution < 1.29 is 14.5 Å². The number of nitrogens with zero attached hydrogens (tertiary/aromatic N) is 1. The Morgan fingerprint density at radius 3 is 2.48 bits per heavy atom. The predicted molar refractivity (Wildman–Crippen MR) is 85.2 cm³/mol. The second-order valence-corrected chi connectivity index (χ2v) is 5.66. The average Bonchev–Trinajstić information content (AvgIpc) is 2.93. The van der Waals surface area contributed by atoms with Gasteiger partial charge in [0, 0.05) is 17.5 Å². The lowest BCUT2D eigenvalue weighted by Crippen LogP contribution is -2.36. The molecule has 118 valence electrons. The third-order valence-corrected chi connectivity index (χ3v) is 4.70. The summed E-state index contributed by atoms with van der Waals surface area (Å²) in [5.74, 6) is -0.682. The van der Waals surface area contributed by atoms with Crippen LogP contribution >= 0.6 is 0 Å². The molecule has 0 radical (unpaired) electrons. The largest absolute Gasteiger partial charge is 0.464 e. The van der Waals surface area contributed by atoms with Gasteiger partial charge in [-0.25, -0.2) is 0 Å². The molecule has 1 aliphatic heterocycles. The molecule has 1 fully saturated rings. The van der Waals surface area contributed by atoms with Crippen LogP contribution in [0.1, 0.15) is 30.4 Å². The van der Waals surface area contributed by atoms with Crippen LogP contribution in [0.2, 0.25) is 0 Å². The van der Waals surface area contributed by atoms with Crippen LogP contribution in [-0.4, -0.2) is 17.5 Å². The molecule has 0 bridgehead atoms. The van der Waals surface area contributed by atoms with Crippen molar-refractivity contribution in [3.8, 4) is 0 Å². The summed E-state index contributed by atoms with van der Waals surface area (Å²) in [6.45, 7) is 2.08. The van der Waals surface area contributed by atoms with Crippen LogP contribution in [0.3, 0.4) is 0 Å². The molecule has 0 amide bonds. The lowest BCUT2D eigenvalue weighted by atomic mass is 9.67. The molecule has 2 unspecified atom stereocenters. The van der Waals surface area contributed by atoms with Crippen LogP contribution in [0.5, 0.6) is 0 Å². The molecule has 2 aromatic carbocycles. The first-order chi connectivity index (χ1) is 11.1. The molecule has 2 aromatic rings.